The minimum absolute atomic E-state index is 0.0653. The second-order valence-electron chi connectivity index (χ2n) is 23.2. The normalized spacial score (nSPS) is 12.8. The molecule has 0 heterocycles. The summed E-state index contributed by atoms with van der Waals surface area (Å²) in [7, 11) is 8.17. The van der Waals surface area contributed by atoms with Crippen LogP contribution in [0.2, 0.25) is 0 Å². The average Bonchev–Trinajstić information content (AvgIpc) is 3.30. The van der Waals surface area contributed by atoms with Gasteiger partial charge in [0.1, 0.15) is 6.10 Å². The van der Waals surface area contributed by atoms with Gasteiger partial charge in [-0.3, -0.25) is 0 Å². The van der Waals surface area contributed by atoms with Gasteiger partial charge in [-0.2, -0.15) is 0 Å². The number of hydrogen-bond donors (Lipinski definition) is 4. The second-order valence-corrected chi connectivity index (χ2v) is 23.2. The predicted molar refractivity (Wildman–Crippen MR) is 300 cm³/mol. The van der Waals surface area contributed by atoms with Gasteiger partial charge in [-0.15, -0.1) is 0 Å². The maximum Gasteiger partial charge on any atom is 0.335 e. The number of aliphatic hydroxyl groups excluding tert-OH is 2. The number of carboxylic acid groups (broad SMARTS) is 2. The lowest BCUT2D eigenvalue weighted by molar-refractivity contribution is 0.0686. The zero-order valence-electron chi connectivity index (χ0n) is 45.4. The summed E-state index contributed by atoms with van der Waals surface area (Å²) in [5, 5.41) is 40.4. The monoisotopic (exact) mass is 969 g/mol. The first kappa shape index (κ1) is 56.0. The Hall–Kier alpha value is -6.92. The average molecular weight is 969 g/mol. The summed E-state index contributed by atoms with van der Waals surface area (Å²) in [6.45, 7) is 26.4. The molecule has 8 nitrogen and oxygen atoms in total. The molecule has 0 fully saturated rings. The van der Waals surface area contributed by atoms with Crippen molar-refractivity contribution in [3.05, 3.63) is 183 Å². The van der Waals surface area contributed by atoms with Gasteiger partial charge >= 0.3 is 11.9 Å². The number of benzene rings is 6. The number of aromatic carboxylic acids is 2. The lowest BCUT2D eigenvalue weighted by Gasteiger charge is -2.31. The van der Waals surface area contributed by atoms with Gasteiger partial charge in [0.15, 0.2) is 0 Å². The van der Waals surface area contributed by atoms with Crippen molar-refractivity contribution in [2.24, 2.45) is 0 Å². The van der Waals surface area contributed by atoms with E-state index in [9.17, 15) is 19.8 Å². The van der Waals surface area contributed by atoms with Crippen LogP contribution in [-0.2, 0) is 21.7 Å². The lowest BCUT2D eigenvalue weighted by atomic mass is 9.78. The van der Waals surface area contributed by atoms with Crippen molar-refractivity contribution in [2.75, 3.05) is 38.0 Å². The van der Waals surface area contributed by atoms with E-state index in [1.165, 1.54) is 28.8 Å². The van der Waals surface area contributed by atoms with Crippen LogP contribution in [0.5, 0.6) is 0 Å². The van der Waals surface area contributed by atoms with E-state index in [4.69, 9.17) is 10.2 Å². The summed E-state index contributed by atoms with van der Waals surface area (Å²) < 4.78 is 0. The molecule has 2 atom stereocenters. The highest BCUT2D eigenvalue weighted by molar-refractivity contribution is 5.88. The Balaban J connectivity index is 0.000000267. The van der Waals surface area contributed by atoms with Crippen LogP contribution < -0.4 is 9.80 Å². The van der Waals surface area contributed by atoms with Gasteiger partial charge in [-0.1, -0.05) is 168 Å². The summed E-state index contributed by atoms with van der Waals surface area (Å²) >= 11 is 0. The number of nitrogens with zero attached hydrogens (tertiary/aromatic N) is 2. The van der Waals surface area contributed by atoms with Crippen molar-refractivity contribution in [1.82, 2.24) is 0 Å². The minimum atomic E-state index is -0.992. The first-order chi connectivity index (χ1) is 33.4. The summed E-state index contributed by atoms with van der Waals surface area (Å²) in [6.07, 6.45) is 1.76. The second kappa shape index (κ2) is 22.2. The van der Waals surface area contributed by atoms with Crippen LogP contribution >= 0.6 is 0 Å². The standard InChI is InChI=1S/C32H39NO3.C32H37NO3/c1-31(2,3)25-16-14-22(15-17-25)26-19-24(20-27(33(7)8)29(26)32(4,5)6)28(34)18-11-21-9-12-23(13-10-21)30(35)36;1-31(2,3)25-16-14-22(15-17-25)26-19-24(20-27(32(4,5)6)29(26)33(7)8)28(34)18-11-21-9-12-23(13-10-21)30(35)36/h9-20,28,34H,1-8H3,(H,35,36);9-10,12-17,19-20,28,34H,1-8H3,(H,35,36). The van der Waals surface area contributed by atoms with E-state index in [1.807, 2.05) is 40.3 Å². The van der Waals surface area contributed by atoms with Crippen molar-refractivity contribution in [3.63, 3.8) is 0 Å². The van der Waals surface area contributed by atoms with Crippen LogP contribution in [0, 0.1) is 11.8 Å². The number of carbonyl (C=O) groups is 2. The third-order valence-corrected chi connectivity index (χ3v) is 12.7. The lowest BCUT2D eigenvalue weighted by Crippen LogP contribution is -2.21. The maximum atomic E-state index is 11.1. The van der Waals surface area contributed by atoms with Crippen LogP contribution in [0.1, 0.15) is 161 Å². The summed E-state index contributed by atoms with van der Waals surface area (Å²) in [4.78, 5) is 26.4. The smallest absolute Gasteiger partial charge is 0.335 e. The fourth-order valence-electron chi connectivity index (χ4n) is 8.56. The van der Waals surface area contributed by atoms with E-state index in [1.54, 1.807) is 42.5 Å². The van der Waals surface area contributed by atoms with E-state index < -0.39 is 24.1 Å². The van der Waals surface area contributed by atoms with Crippen molar-refractivity contribution < 1.29 is 30.0 Å². The Morgan fingerprint density at radius 1 is 0.528 bits per heavy atom. The Labute approximate surface area is 429 Å². The van der Waals surface area contributed by atoms with Gasteiger partial charge in [0.05, 0.1) is 17.2 Å². The van der Waals surface area contributed by atoms with Gasteiger partial charge < -0.3 is 30.2 Å². The van der Waals surface area contributed by atoms with Gasteiger partial charge in [-0.05, 0) is 138 Å². The van der Waals surface area contributed by atoms with E-state index in [2.05, 4.69) is 171 Å². The molecule has 8 heteroatoms. The molecule has 0 spiro atoms. The van der Waals surface area contributed by atoms with E-state index in [0.717, 1.165) is 55.9 Å². The van der Waals surface area contributed by atoms with Crippen LogP contribution in [0.3, 0.4) is 0 Å². The third-order valence-electron chi connectivity index (χ3n) is 12.7. The zero-order chi connectivity index (χ0) is 53.7. The Bertz CT molecular complexity index is 2940. The number of carboxylic acids is 2. The number of rotatable bonds is 10. The molecule has 2 unspecified atom stereocenters. The minimum Gasteiger partial charge on any atom is -0.478 e. The van der Waals surface area contributed by atoms with Gasteiger partial charge in [0.2, 0.25) is 0 Å². The van der Waals surface area contributed by atoms with Crippen LogP contribution in [0.15, 0.2) is 127 Å². The van der Waals surface area contributed by atoms with E-state index in [-0.39, 0.29) is 32.8 Å². The fourth-order valence-corrected chi connectivity index (χ4v) is 8.56. The predicted octanol–water partition coefficient (Wildman–Crippen LogP) is 14.3. The summed E-state index contributed by atoms with van der Waals surface area (Å²) in [6, 6.07) is 38.6. The Kier molecular flexibility index (Phi) is 17.3. The molecule has 0 saturated carbocycles. The molecule has 0 saturated heterocycles. The molecule has 0 aliphatic heterocycles. The molecule has 6 aromatic rings. The van der Waals surface area contributed by atoms with Crippen LogP contribution in [0.4, 0.5) is 11.4 Å². The molecule has 0 aliphatic rings. The van der Waals surface area contributed by atoms with Crippen molar-refractivity contribution in [1.29, 1.82) is 0 Å². The summed E-state index contributed by atoms with van der Waals surface area (Å²) in [5.74, 6) is 3.99. The molecule has 4 N–H and O–H groups in total. The van der Waals surface area contributed by atoms with E-state index >= 15 is 0 Å². The maximum absolute atomic E-state index is 11.1. The van der Waals surface area contributed by atoms with Gasteiger partial charge in [0, 0.05) is 50.7 Å². The molecule has 72 heavy (non-hydrogen) atoms. The molecular formula is C64H76N2O6. The third kappa shape index (κ3) is 14.1. The van der Waals surface area contributed by atoms with Crippen molar-refractivity contribution >= 4 is 29.4 Å². The SMILES string of the molecule is CN(C)c1c(-c2ccc(C(C)(C)C)cc2)cc(C(O)C#Cc2ccc(C(=O)O)cc2)cc1C(C)(C)C.CN(C)c1cc(C(O)C=Cc2ccc(C(=O)O)cc2)cc(-c2ccc(C(C)(C)C)cc2)c1C(C)(C)C. The number of anilines is 2. The molecule has 0 amide bonds. The van der Waals surface area contributed by atoms with E-state index in [0.29, 0.717) is 5.56 Å². The highest BCUT2D eigenvalue weighted by Crippen LogP contribution is 2.44. The van der Waals surface area contributed by atoms with Gasteiger partial charge in [0.25, 0.3) is 0 Å². The molecule has 0 aliphatic carbocycles. The molecule has 378 valence electrons. The molecule has 6 rings (SSSR count). The molecule has 0 radical (unpaired) electrons. The first-order valence-electron chi connectivity index (χ1n) is 24.5. The van der Waals surface area contributed by atoms with Crippen LogP contribution in [-0.4, -0.2) is 60.6 Å². The topological polar surface area (TPSA) is 122 Å². The Morgan fingerprint density at radius 2 is 0.986 bits per heavy atom. The Morgan fingerprint density at radius 3 is 1.40 bits per heavy atom. The summed E-state index contributed by atoms with van der Waals surface area (Å²) in [5.41, 5.74) is 14.8. The van der Waals surface area contributed by atoms with Crippen molar-refractivity contribution in [2.45, 2.75) is 117 Å². The quantitative estimate of drug-likeness (QED) is 0.100. The molecule has 0 aromatic heterocycles. The fraction of sp³-hybridized carbons (Fsp3) is 0.344. The molecule has 6 aromatic carbocycles. The zero-order valence-corrected chi connectivity index (χ0v) is 45.4. The van der Waals surface area contributed by atoms with Crippen LogP contribution in [0.25, 0.3) is 28.3 Å². The molecular weight excluding hydrogens is 893 g/mol. The molecule has 0 bridgehead atoms. The first-order valence-corrected chi connectivity index (χ1v) is 24.5. The van der Waals surface area contributed by atoms with Crippen molar-refractivity contribution in [3.8, 4) is 34.1 Å². The number of hydrogen-bond acceptors (Lipinski definition) is 6. The highest BCUT2D eigenvalue weighted by Gasteiger charge is 2.28. The largest absolute Gasteiger partial charge is 0.478 e. The van der Waals surface area contributed by atoms with Gasteiger partial charge in [-0.25, -0.2) is 9.59 Å². The highest BCUT2D eigenvalue weighted by atomic mass is 16.4. The number of aliphatic hydroxyl groups is 2.